The lowest BCUT2D eigenvalue weighted by Crippen LogP contribution is -2.33. The smallest absolute Gasteiger partial charge is 0.235 e. The van der Waals surface area contributed by atoms with Crippen molar-refractivity contribution in [1.82, 2.24) is 19.8 Å². The number of aryl methyl sites for hydroxylation is 2. The molecule has 0 saturated carbocycles. The molecule has 4 aromatic rings. The Kier molecular flexibility index (Phi) is 9.17. The first-order valence-electron chi connectivity index (χ1n) is 13.2. The number of aromatic nitrogens is 2. The van der Waals surface area contributed by atoms with E-state index < -0.39 is 0 Å². The lowest BCUT2D eigenvalue weighted by Gasteiger charge is -2.22. The molecule has 0 radical (unpaired) electrons. The molecule has 5 rings (SSSR count). The number of nitrogens with zero attached hydrogens (tertiary/aromatic N) is 4. The molecule has 6 nitrogen and oxygen atoms in total. The van der Waals surface area contributed by atoms with Crippen molar-refractivity contribution in [1.29, 1.82) is 0 Å². The Morgan fingerprint density at radius 2 is 1.49 bits per heavy atom. The van der Waals surface area contributed by atoms with Crippen molar-refractivity contribution in [3.63, 3.8) is 0 Å². The van der Waals surface area contributed by atoms with Gasteiger partial charge in [-0.25, -0.2) is 9.97 Å². The Morgan fingerprint density at radius 1 is 0.846 bits per heavy atom. The fourth-order valence-corrected chi connectivity index (χ4v) is 5.97. The van der Waals surface area contributed by atoms with Crippen LogP contribution in [0.25, 0.3) is 11.3 Å². The molecule has 1 aliphatic heterocycles. The average molecular weight is 560 g/mol. The van der Waals surface area contributed by atoms with Gasteiger partial charge in [-0.3, -0.25) is 14.5 Å². The van der Waals surface area contributed by atoms with E-state index in [2.05, 4.69) is 94.0 Å². The van der Waals surface area contributed by atoms with Crippen molar-refractivity contribution < 1.29 is 5.11 Å². The Balaban J connectivity index is 1.21. The lowest BCUT2D eigenvalue weighted by molar-refractivity contribution is 0.106. The maximum atomic E-state index is 10.7. The minimum atomic E-state index is -0.374. The van der Waals surface area contributed by atoms with Crippen LogP contribution in [0.15, 0.2) is 83.8 Å². The topological polar surface area (TPSA) is 64.5 Å². The number of aliphatic hydroxyl groups is 1. The number of hydrogen-bond donors (Lipinski definition) is 2. The summed E-state index contributed by atoms with van der Waals surface area (Å²) in [6.07, 6.45) is -0.374. The minimum Gasteiger partial charge on any atom is -0.390 e. The van der Waals surface area contributed by atoms with E-state index in [1.54, 1.807) is 0 Å². The summed E-state index contributed by atoms with van der Waals surface area (Å²) >= 11 is 7.84. The van der Waals surface area contributed by atoms with Crippen molar-refractivity contribution in [2.75, 3.05) is 30.9 Å². The summed E-state index contributed by atoms with van der Waals surface area (Å²) in [5.74, 6) is 0.477. The van der Waals surface area contributed by atoms with Crippen LogP contribution in [-0.2, 0) is 13.1 Å². The van der Waals surface area contributed by atoms with Crippen LogP contribution in [0.4, 0.5) is 5.95 Å². The summed E-state index contributed by atoms with van der Waals surface area (Å²) in [6.45, 7) is 9.00. The maximum Gasteiger partial charge on any atom is 0.235 e. The molecular weight excluding hydrogens is 526 g/mol. The lowest BCUT2D eigenvalue weighted by atomic mass is 10.00. The summed E-state index contributed by atoms with van der Waals surface area (Å²) < 4.78 is 3.28. The second kappa shape index (κ2) is 12.9. The monoisotopic (exact) mass is 559 g/mol. The van der Waals surface area contributed by atoms with Crippen molar-refractivity contribution in [3.05, 3.63) is 106 Å². The number of rotatable bonds is 8. The quantitative estimate of drug-likeness (QED) is 0.196. The van der Waals surface area contributed by atoms with Crippen LogP contribution in [0.3, 0.4) is 0 Å². The van der Waals surface area contributed by atoms with Gasteiger partial charge in [-0.15, -0.1) is 0 Å². The highest BCUT2D eigenvalue weighted by Gasteiger charge is 2.21. The highest BCUT2D eigenvalue weighted by molar-refractivity contribution is 8.00. The zero-order chi connectivity index (χ0) is 27.2. The van der Waals surface area contributed by atoms with Crippen LogP contribution in [0.1, 0.15) is 22.3 Å². The first-order valence-corrected chi connectivity index (χ1v) is 14.4. The predicted molar refractivity (Wildman–Crippen MR) is 161 cm³/mol. The third kappa shape index (κ3) is 7.59. The summed E-state index contributed by atoms with van der Waals surface area (Å²) in [4.78, 5) is 14.9. The van der Waals surface area contributed by atoms with Gasteiger partial charge in [-0.1, -0.05) is 72.3 Å². The third-order valence-electron chi connectivity index (χ3n) is 6.92. The Bertz CT molecular complexity index is 1380. The molecule has 39 heavy (non-hydrogen) atoms. The Hall–Kier alpha value is -2.94. The van der Waals surface area contributed by atoms with Gasteiger partial charge >= 0.3 is 0 Å². The maximum absolute atomic E-state index is 10.7. The summed E-state index contributed by atoms with van der Waals surface area (Å²) in [7, 11) is 0. The van der Waals surface area contributed by atoms with E-state index in [9.17, 15) is 5.11 Å². The van der Waals surface area contributed by atoms with Crippen molar-refractivity contribution >= 4 is 29.5 Å². The molecule has 1 aromatic heterocycles. The SMILES string of the molecule is Cc1cccc(C)c1-c1cc(Cl)nc(NSc2cccc(CN3CCN(Cc4ccccc4)CC(O)C3)c2)n1. The summed E-state index contributed by atoms with van der Waals surface area (Å²) in [5, 5.41) is 11.1. The largest absolute Gasteiger partial charge is 0.390 e. The molecular formula is C31H34ClN5OS. The number of aliphatic hydroxyl groups excluding tert-OH is 1. The van der Waals surface area contributed by atoms with Gasteiger partial charge in [0.2, 0.25) is 5.95 Å². The van der Waals surface area contributed by atoms with Crippen LogP contribution in [0, 0.1) is 13.8 Å². The number of hydrogen-bond acceptors (Lipinski definition) is 7. The molecule has 1 atom stereocenters. The molecule has 1 aliphatic rings. The van der Waals surface area contributed by atoms with Crippen LogP contribution in [0.2, 0.25) is 5.15 Å². The van der Waals surface area contributed by atoms with Crippen LogP contribution in [0.5, 0.6) is 0 Å². The fraction of sp³-hybridized carbons (Fsp3) is 0.290. The average Bonchev–Trinajstić information content (AvgIpc) is 3.08. The fourth-order valence-electron chi connectivity index (χ4n) is 5.13. The normalized spacial score (nSPS) is 16.7. The first-order chi connectivity index (χ1) is 18.9. The predicted octanol–water partition coefficient (Wildman–Crippen LogP) is 6.21. The molecule has 2 N–H and O–H groups in total. The molecule has 3 aromatic carbocycles. The van der Waals surface area contributed by atoms with E-state index in [0.29, 0.717) is 24.2 Å². The molecule has 1 unspecified atom stereocenters. The van der Waals surface area contributed by atoms with E-state index in [1.807, 2.05) is 18.2 Å². The molecule has 8 heteroatoms. The molecule has 0 aliphatic carbocycles. The molecule has 202 valence electrons. The van der Waals surface area contributed by atoms with E-state index >= 15 is 0 Å². The number of benzene rings is 3. The summed E-state index contributed by atoms with van der Waals surface area (Å²) in [5.41, 5.74) is 6.67. The number of halogens is 1. The number of anilines is 1. The molecule has 0 bridgehead atoms. The van der Waals surface area contributed by atoms with E-state index in [1.165, 1.54) is 23.1 Å². The third-order valence-corrected chi connectivity index (χ3v) is 7.88. The van der Waals surface area contributed by atoms with Crippen molar-refractivity contribution in [2.45, 2.75) is 37.9 Å². The molecule has 0 spiro atoms. The van der Waals surface area contributed by atoms with Gasteiger partial charge in [0.25, 0.3) is 0 Å². The van der Waals surface area contributed by atoms with Gasteiger partial charge in [0, 0.05) is 55.8 Å². The summed E-state index contributed by atoms with van der Waals surface area (Å²) in [6, 6.07) is 26.9. The van der Waals surface area contributed by atoms with Gasteiger partial charge in [0.05, 0.1) is 11.8 Å². The van der Waals surface area contributed by atoms with Crippen LogP contribution >= 0.6 is 23.5 Å². The second-order valence-electron chi connectivity index (χ2n) is 10.1. The Morgan fingerprint density at radius 3 is 2.21 bits per heavy atom. The van der Waals surface area contributed by atoms with Crippen molar-refractivity contribution in [2.24, 2.45) is 0 Å². The van der Waals surface area contributed by atoms with Gasteiger partial charge < -0.3 is 5.11 Å². The highest BCUT2D eigenvalue weighted by Crippen LogP contribution is 2.29. The van der Waals surface area contributed by atoms with Gasteiger partial charge in [0.1, 0.15) is 5.15 Å². The van der Waals surface area contributed by atoms with Crippen molar-refractivity contribution in [3.8, 4) is 11.3 Å². The van der Waals surface area contributed by atoms with Gasteiger partial charge in [-0.05, 0) is 60.2 Å². The first kappa shape index (κ1) is 27.6. The second-order valence-corrected chi connectivity index (χ2v) is 11.4. The molecule has 1 fully saturated rings. The van der Waals surface area contributed by atoms with E-state index in [-0.39, 0.29) is 6.10 Å². The van der Waals surface area contributed by atoms with E-state index in [4.69, 9.17) is 16.6 Å². The Labute approximate surface area is 240 Å². The molecule has 2 heterocycles. The standard InChI is InChI=1S/C31H34ClN5OS/c1-22-8-6-9-23(2)30(22)28-17-29(32)34-31(33-28)35-39-27-13-7-12-25(16-27)19-37-15-14-36(20-26(38)21-37)18-24-10-4-3-5-11-24/h3-13,16-17,26,38H,14-15,18-21H2,1-2H3,(H,33,34,35). The minimum absolute atomic E-state index is 0.374. The molecule has 1 saturated heterocycles. The number of nitrogens with one attached hydrogen (secondary N) is 1. The highest BCUT2D eigenvalue weighted by atomic mass is 35.5. The zero-order valence-electron chi connectivity index (χ0n) is 22.3. The van der Waals surface area contributed by atoms with Crippen LogP contribution < -0.4 is 4.72 Å². The van der Waals surface area contributed by atoms with Gasteiger partial charge in [-0.2, -0.15) is 0 Å². The van der Waals surface area contributed by atoms with Crippen LogP contribution in [-0.4, -0.2) is 57.2 Å². The van der Waals surface area contributed by atoms with Gasteiger partial charge in [0.15, 0.2) is 0 Å². The van der Waals surface area contributed by atoms with E-state index in [0.717, 1.165) is 53.5 Å². The number of β-amino-alcohol motifs (C(OH)–C–C–N with tert-alkyl or cyclic N) is 1. The molecule has 0 amide bonds. The zero-order valence-corrected chi connectivity index (χ0v) is 23.9.